The smallest absolute Gasteiger partial charge is 0.234 e. The van der Waals surface area contributed by atoms with Gasteiger partial charge in [0.15, 0.2) is 0 Å². The molecule has 4 nitrogen and oxygen atoms in total. The van der Waals surface area contributed by atoms with Crippen molar-refractivity contribution >= 4 is 5.91 Å². The number of piperazine rings is 1. The molecule has 0 aromatic carbocycles. The Kier molecular flexibility index (Phi) is 1.84. The number of hydrogen-bond acceptors (Lipinski definition) is 3. The van der Waals surface area contributed by atoms with Gasteiger partial charge in [0.1, 0.15) is 5.76 Å². The maximum absolute atomic E-state index is 10.9. The zero-order chi connectivity index (χ0) is 9.31. The highest BCUT2D eigenvalue weighted by Crippen LogP contribution is 2.21. The molecule has 1 aromatic heterocycles. The summed E-state index contributed by atoms with van der Waals surface area (Å²) in [6.07, 6.45) is 1.64. The van der Waals surface area contributed by atoms with E-state index in [1.54, 1.807) is 6.26 Å². The van der Waals surface area contributed by atoms with E-state index in [0.29, 0.717) is 13.1 Å². The molecule has 0 spiro atoms. The lowest BCUT2D eigenvalue weighted by molar-refractivity contribution is -0.122. The summed E-state index contributed by atoms with van der Waals surface area (Å²) in [6.45, 7) is 2.92. The second kappa shape index (κ2) is 2.88. The summed E-state index contributed by atoms with van der Waals surface area (Å²) in [5.41, 5.74) is -0.266. The molecule has 1 saturated heterocycles. The lowest BCUT2D eigenvalue weighted by atomic mass is 9.97. The van der Waals surface area contributed by atoms with Crippen LogP contribution in [0.5, 0.6) is 0 Å². The molecule has 1 aromatic rings. The van der Waals surface area contributed by atoms with Crippen molar-refractivity contribution in [1.82, 2.24) is 10.6 Å². The number of furan rings is 1. The highest BCUT2D eigenvalue weighted by molar-refractivity contribution is 5.79. The van der Waals surface area contributed by atoms with Crippen LogP contribution in [0.25, 0.3) is 0 Å². The molecule has 1 atom stereocenters. The van der Waals surface area contributed by atoms with Crippen LogP contribution in [0.15, 0.2) is 22.8 Å². The fourth-order valence-corrected chi connectivity index (χ4v) is 1.44. The molecule has 1 aliphatic heterocycles. The molecule has 0 saturated carbocycles. The third-order valence-corrected chi connectivity index (χ3v) is 2.34. The number of amides is 1. The van der Waals surface area contributed by atoms with Crippen LogP contribution in [0.4, 0.5) is 0 Å². The molecule has 1 unspecified atom stereocenters. The van der Waals surface area contributed by atoms with E-state index in [2.05, 4.69) is 10.6 Å². The summed E-state index contributed by atoms with van der Waals surface area (Å²) in [7, 11) is 0. The molecule has 4 heteroatoms. The van der Waals surface area contributed by atoms with Gasteiger partial charge >= 0.3 is 0 Å². The van der Waals surface area contributed by atoms with Gasteiger partial charge in [-0.15, -0.1) is 0 Å². The molecule has 0 radical (unpaired) electrons. The van der Waals surface area contributed by atoms with Crippen molar-refractivity contribution in [1.29, 1.82) is 0 Å². The summed E-state index contributed by atoms with van der Waals surface area (Å²) in [5, 5.41) is 5.94. The van der Waals surface area contributed by atoms with Crippen molar-refractivity contribution in [3.63, 3.8) is 0 Å². The highest BCUT2D eigenvalue weighted by atomic mass is 16.3. The Balaban J connectivity index is 2.18. The van der Waals surface area contributed by atoms with Crippen molar-refractivity contribution in [3.05, 3.63) is 24.2 Å². The zero-order valence-electron chi connectivity index (χ0n) is 7.46. The first-order valence-corrected chi connectivity index (χ1v) is 4.26. The molecule has 2 heterocycles. The number of nitrogens with one attached hydrogen (secondary N) is 2. The normalized spacial score (nSPS) is 28.5. The molecule has 1 aliphatic rings. The minimum atomic E-state index is -0.266. The van der Waals surface area contributed by atoms with Gasteiger partial charge in [0.05, 0.1) is 18.3 Å². The summed E-state index contributed by atoms with van der Waals surface area (Å²) < 4.78 is 5.30. The molecule has 13 heavy (non-hydrogen) atoms. The van der Waals surface area contributed by atoms with E-state index in [1.807, 2.05) is 19.1 Å². The standard InChI is InChI=1S/C9H12N2O2/c1-9(7-3-2-4-13-7)6-10-8(12)5-11-9/h2-4,11H,5-6H2,1H3,(H,10,12). The van der Waals surface area contributed by atoms with Gasteiger partial charge < -0.3 is 9.73 Å². The quantitative estimate of drug-likeness (QED) is 0.649. The first-order valence-electron chi connectivity index (χ1n) is 4.26. The zero-order valence-corrected chi connectivity index (χ0v) is 7.46. The average Bonchev–Trinajstić information content (AvgIpc) is 2.63. The molecule has 0 bridgehead atoms. The van der Waals surface area contributed by atoms with Gasteiger partial charge in [0.2, 0.25) is 5.91 Å². The third-order valence-electron chi connectivity index (χ3n) is 2.34. The number of carbonyl (C=O) groups is 1. The van der Waals surface area contributed by atoms with E-state index >= 15 is 0 Å². The van der Waals surface area contributed by atoms with Crippen molar-refractivity contribution in [3.8, 4) is 0 Å². The van der Waals surface area contributed by atoms with Gasteiger partial charge in [-0.25, -0.2) is 0 Å². The van der Waals surface area contributed by atoms with Crippen LogP contribution >= 0.6 is 0 Å². The van der Waals surface area contributed by atoms with E-state index in [-0.39, 0.29) is 11.4 Å². The van der Waals surface area contributed by atoms with Crippen LogP contribution in [0.3, 0.4) is 0 Å². The van der Waals surface area contributed by atoms with Gasteiger partial charge in [0, 0.05) is 6.54 Å². The van der Waals surface area contributed by atoms with Crippen molar-refractivity contribution in [2.45, 2.75) is 12.5 Å². The van der Waals surface area contributed by atoms with E-state index in [0.717, 1.165) is 5.76 Å². The van der Waals surface area contributed by atoms with Crippen LogP contribution in [0, 0.1) is 0 Å². The molecule has 1 fully saturated rings. The largest absolute Gasteiger partial charge is 0.467 e. The van der Waals surface area contributed by atoms with E-state index in [1.165, 1.54) is 0 Å². The summed E-state index contributed by atoms with van der Waals surface area (Å²) in [4.78, 5) is 10.9. The molecule has 2 rings (SSSR count). The summed E-state index contributed by atoms with van der Waals surface area (Å²) in [6, 6.07) is 3.75. The van der Waals surface area contributed by atoms with E-state index in [4.69, 9.17) is 4.42 Å². The Bertz CT molecular complexity index is 295. The summed E-state index contributed by atoms with van der Waals surface area (Å²) in [5.74, 6) is 0.886. The predicted molar refractivity (Wildman–Crippen MR) is 47.1 cm³/mol. The molecule has 70 valence electrons. The minimum Gasteiger partial charge on any atom is -0.467 e. The summed E-state index contributed by atoms with van der Waals surface area (Å²) >= 11 is 0. The van der Waals surface area contributed by atoms with E-state index in [9.17, 15) is 4.79 Å². The second-order valence-corrected chi connectivity index (χ2v) is 3.44. The first-order chi connectivity index (χ1) is 6.21. The van der Waals surface area contributed by atoms with Crippen molar-refractivity contribution < 1.29 is 9.21 Å². The Labute approximate surface area is 76.3 Å². The van der Waals surface area contributed by atoms with Gasteiger partial charge in [0.25, 0.3) is 0 Å². The monoisotopic (exact) mass is 180 g/mol. The predicted octanol–water partition coefficient (Wildman–Crippen LogP) is 0.214. The van der Waals surface area contributed by atoms with Gasteiger partial charge in [-0.1, -0.05) is 0 Å². The van der Waals surface area contributed by atoms with E-state index < -0.39 is 0 Å². The van der Waals surface area contributed by atoms with Crippen LogP contribution in [0.1, 0.15) is 12.7 Å². The van der Waals surface area contributed by atoms with Crippen molar-refractivity contribution in [2.75, 3.05) is 13.1 Å². The van der Waals surface area contributed by atoms with Crippen LogP contribution in [0.2, 0.25) is 0 Å². The maximum Gasteiger partial charge on any atom is 0.234 e. The topological polar surface area (TPSA) is 54.3 Å². The minimum absolute atomic E-state index is 0.0315. The lowest BCUT2D eigenvalue weighted by Gasteiger charge is -2.32. The van der Waals surface area contributed by atoms with Crippen LogP contribution in [-0.2, 0) is 10.3 Å². The molecular formula is C9H12N2O2. The second-order valence-electron chi connectivity index (χ2n) is 3.44. The average molecular weight is 180 g/mol. The fraction of sp³-hybridized carbons (Fsp3) is 0.444. The number of rotatable bonds is 1. The van der Waals surface area contributed by atoms with Gasteiger partial charge in [-0.2, -0.15) is 0 Å². The van der Waals surface area contributed by atoms with Gasteiger partial charge in [-0.05, 0) is 19.1 Å². The lowest BCUT2D eigenvalue weighted by Crippen LogP contribution is -2.57. The molecule has 1 amide bonds. The Morgan fingerprint density at radius 2 is 2.46 bits per heavy atom. The molecular weight excluding hydrogens is 168 g/mol. The Morgan fingerprint density at radius 1 is 1.62 bits per heavy atom. The van der Waals surface area contributed by atoms with Crippen LogP contribution < -0.4 is 10.6 Å². The highest BCUT2D eigenvalue weighted by Gasteiger charge is 2.33. The molecule has 2 N–H and O–H groups in total. The third kappa shape index (κ3) is 1.45. The number of carbonyl (C=O) groups excluding carboxylic acids is 1. The number of hydrogen-bond donors (Lipinski definition) is 2. The fourth-order valence-electron chi connectivity index (χ4n) is 1.44. The SMILES string of the molecule is CC1(c2ccco2)CNC(=O)CN1. The first kappa shape index (κ1) is 8.31. The molecule has 0 aliphatic carbocycles. The Hall–Kier alpha value is -1.29. The maximum atomic E-state index is 10.9. The van der Waals surface area contributed by atoms with Crippen LogP contribution in [-0.4, -0.2) is 19.0 Å². The van der Waals surface area contributed by atoms with Crippen molar-refractivity contribution in [2.24, 2.45) is 0 Å². The van der Waals surface area contributed by atoms with Gasteiger partial charge in [-0.3, -0.25) is 10.1 Å². The Morgan fingerprint density at radius 3 is 3.00 bits per heavy atom.